The molecule has 0 bridgehead atoms. The minimum Gasteiger partial charge on any atom is -0.374 e. The molecule has 2 fully saturated rings. The second kappa shape index (κ2) is 7.30. The second-order valence-electron chi connectivity index (χ2n) is 6.76. The van der Waals surface area contributed by atoms with Gasteiger partial charge in [-0.15, -0.1) is 0 Å². The average Bonchev–Trinajstić information content (AvgIpc) is 3.31. The summed E-state index contributed by atoms with van der Waals surface area (Å²) in [5.41, 5.74) is 0.843. The summed E-state index contributed by atoms with van der Waals surface area (Å²) < 4.78 is 33.2. The Kier molecular flexibility index (Phi) is 5.36. The minimum atomic E-state index is -3.31. The summed E-state index contributed by atoms with van der Waals surface area (Å²) in [6.07, 6.45) is 2.25. The molecule has 0 unspecified atom stereocenters. The summed E-state index contributed by atoms with van der Waals surface area (Å²) in [7, 11) is -1.26. The maximum atomic E-state index is 12.9. The summed E-state index contributed by atoms with van der Waals surface area (Å²) in [5, 5.41) is 0. The van der Waals surface area contributed by atoms with Crippen molar-refractivity contribution in [3.05, 3.63) is 35.9 Å². The highest BCUT2D eigenvalue weighted by molar-refractivity contribution is 7.88. The first kappa shape index (κ1) is 16.9. The van der Waals surface area contributed by atoms with Crippen LogP contribution in [0.1, 0.15) is 18.4 Å². The molecule has 23 heavy (non-hydrogen) atoms. The fourth-order valence-corrected chi connectivity index (χ4v) is 4.60. The van der Waals surface area contributed by atoms with Crippen LogP contribution in [0.25, 0.3) is 0 Å². The van der Waals surface area contributed by atoms with Crippen molar-refractivity contribution < 1.29 is 13.2 Å². The van der Waals surface area contributed by atoms with Crippen LogP contribution in [0.5, 0.6) is 0 Å². The molecule has 1 aliphatic heterocycles. The van der Waals surface area contributed by atoms with Crippen molar-refractivity contribution >= 4 is 10.0 Å². The number of rotatable bonds is 7. The largest absolute Gasteiger partial charge is 0.374 e. The van der Waals surface area contributed by atoms with Crippen LogP contribution in [0.2, 0.25) is 0 Å². The minimum absolute atomic E-state index is 0.0296. The fourth-order valence-electron chi connectivity index (χ4n) is 2.97. The van der Waals surface area contributed by atoms with E-state index in [0.717, 1.165) is 31.5 Å². The van der Waals surface area contributed by atoms with Gasteiger partial charge in [0.2, 0.25) is 10.0 Å². The van der Waals surface area contributed by atoms with Crippen LogP contribution in [0.3, 0.4) is 0 Å². The van der Waals surface area contributed by atoms with Crippen molar-refractivity contribution in [2.75, 3.05) is 39.8 Å². The first-order valence-corrected chi connectivity index (χ1v) is 9.96. The molecule has 1 aromatic rings. The van der Waals surface area contributed by atoms with Crippen molar-refractivity contribution in [2.45, 2.75) is 24.7 Å². The number of hydrogen-bond acceptors (Lipinski definition) is 4. The second-order valence-corrected chi connectivity index (χ2v) is 8.73. The predicted molar refractivity (Wildman–Crippen MR) is 90.6 cm³/mol. The summed E-state index contributed by atoms with van der Waals surface area (Å²) in [6.45, 7) is 3.49. The Morgan fingerprint density at radius 1 is 1.22 bits per heavy atom. The van der Waals surface area contributed by atoms with Gasteiger partial charge in [0, 0.05) is 26.2 Å². The molecule has 0 amide bonds. The maximum absolute atomic E-state index is 12.9. The van der Waals surface area contributed by atoms with Crippen LogP contribution in [0, 0.1) is 5.92 Å². The zero-order valence-electron chi connectivity index (χ0n) is 13.7. The molecule has 3 rings (SSSR count). The third-order valence-corrected chi connectivity index (χ3v) is 6.28. The topological polar surface area (TPSA) is 49.9 Å². The number of sulfonamides is 1. The number of nitrogens with zero attached hydrogens (tertiary/aromatic N) is 2. The molecule has 5 nitrogen and oxygen atoms in total. The molecule has 1 aliphatic carbocycles. The Morgan fingerprint density at radius 2 is 1.96 bits per heavy atom. The summed E-state index contributed by atoms with van der Waals surface area (Å²) in [4.78, 5) is 2.20. The highest BCUT2D eigenvalue weighted by Crippen LogP contribution is 2.31. The first-order valence-electron chi connectivity index (χ1n) is 8.35. The average molecular weight is 338 g/mol. The van der Waals surface area contributed by atoms with Crippen molar-refractivity contribution in [3.8, 4) is 0 Å². The zero-order valence-corrected chi connectivity index (χ0v) is 14.5. The molecule has 1 aromatic carbocycles. The summed E-state index contributed by atoms with van der Waals surface area (Å²) >= 11 is 0. The van der Waals surface area contributed by atoms with E-state index in [1.807, 2.05) is 30.3 Å². The molecule has 2 aliphatic rings. The molecule has 1 atom stereocenters. The SMILES string of the molecule is CN1CCO[C@H](CN(CC2CC2)S(=O)(=O)Cc2ccccc2)C1. The molecule has 1 saturated carbocycles. The van der Waals surface area contributed by atoms with Crippen LogP contribution in [0.15, 0.2) is 30.3 Å². The molecule has 1 heterocycles. The molecule has 0 aromatic heterocycles. The van der Waals surface area contributed by atoms with Crippen molar-refractivity contribution in [1.82, 2.24) is 9.21 Å². The van der Waals surface area contributed by atoms with Crippen molar-refractivity contribution in [1.29, 1.82) is 0 Å². The molecular formula is C17H26N2O3S. The van der Waals surface area contributed by atoms with E-state index >= 15 is 0 Å². The van der Waals surface area contributed by atoms with Gasteiger partial charge in [-0.3, -0.25) is 0 Å². The third-order valence-electron chi connectivity index (χ3n) is 4.49. The number of benzene rings is 1. The van der Waals surface area contributed by atoms with Gasteiger partial charge in [-0.2, -0.15) is 4.31 Å². The van der Waals surface area contributed by atoms with Crippen LogP contribution < -0.4 is 0 Å². The van der Waals surface area contributed by atoms with Gasteiger partial charge in [-0.1, -0.05) is 30.3 Å². The van der Waals surface area contributed by atoms with E-state index in [4.69, 9.17) is 4.74 Å². The van der Waals surface area contributed by atoms with E-state index in [9.17, 15) is 8.42 Å². The van der Waals surface area contributed by atoms with Gasteiger partial charge >= 0.3 is 0 Å². The molecule has 6 heteroatoms. The monoisotopic (exact) mass is 338 g/mol. The fraction of sp³-hybridized carbons (Fsp3) is 0.647. The standard InChI is InChI=1S/C17H26N2O3S/c1-18-9-10-22-17(12-18)13-19(11-15-7-8-15)23(20,21)14-16-5-3-2-4-6-16/h2-6,15,17H,7-14H2,1H3/t17-/m0/s1. The van der Waals surface area contributed by atoms with Gasteiger partial charge in [-0.25, -0.2) is 8.42 Å². The molecule has 128 valence electrons. The number of hydrogen-bond donors (Lipinski definition) is 0. The highest BCUT2D eigenvalue weighted by atomic mass is 32.2. The normalized spacial score (nSPS) is 23.3. The van der Waals surface area contributed by atoms with E-state index in [-0.39, 0.29) is 11.9 Å². The molecule has 0 radical (unpaired) electrons. The zero-order chi connectivity index (χ0) is 16.3. The Labute approximate surface area is 139 Å². The predicted octanol–water partition coefficient (Wildman–Crippen LogP) is 1.56. The van der Waals surface area contributed by atoms with Crippen LogP contribution in [0.4, 0.5) is 0 Å². The summed E-state index contributed by atoms with van der Waals surface area (Å²) in [5.74, 6) is 0.602. The van der Waals surface area contributed by atoms with E-state index in [2.05, 4.69) is 11.9 Å². The van der Waals surface area contributed by atoms with Crippen LogP contribution in [-0.4, -0.2) is 63.6 Å². The first-order chi connectivity index (χ1) is 11.0. The van der Waals surface area contributed by atoms with E-state index < -0.39 is 10.0 Å². The van der Waals surface area contributed by atoms with E-state index in [1.165, 1.54) is 0 Å². The number of likely N-dealkylation sites (N-methyl/N-ethyl adjacent to an activating group) is 1. The van der Waals surface area contributed by atoms with E-state index in [0.29, 0.717) is 25.6 Å². The number of morpholine rings is 1. The Bertz CT molecular complexity index is 602. The van der Waals surface area contributed by atoms with Crippen molar-refractivity contribution in [2.24, 2.45) is 5.92 Å². The Morgan fingerprint density at radius 3 is 2.61 bits per heavy atom. The Hall–Kier alpha value is -0.950. The van der Waals surface area contributed by atoms with E-state index in [1.54, 1.807) is 4.31 Å². The molecule has 1 saturated heterocycles. The lowest BCUT2D eigenvalue weighted by Crippen LogP contribution is -2.48. The molecule has 0 spiro atoms. The van der Waals surface area contributed by atoms with Crippen LogP contribution in [-0.2, 0) is 20.5 Å². The Balaban J connectivity index is 1.69. The van der Waals surface area contributed by atoms with Crippen molar-refractivity contribution in [3.63, 3.8) is 0 Å². The van der Waals surface area contributed by atoms with Gasteiger partial charge in [0.15, 0.2) is 0 Å². The third kappa shape index (κ3) is 5.01. The van der Waals surface area contributed by atoms with Crippen LogP contribution >= 0.6 is 0 Å². The molecular weight excluding hydrogens is 312 g/mol. The van der Waals surface area contributed by atoms with Gasteiger partial charge < -0.3 is 9.64 Å². The van der Waals surface area contributed by atoms with Gasteiger partial charge in [-0.05, 0) is 31.4 Å². The summed E-state index contributed by atoms with van der Waals surface area (Å²) in [6, 6.07) is 9.42. The number of ether oxygens (including phenoxy) is 1. The maximum Gasteiger partial charge on any atom is 0.218 e. The lowest BCUT2D eigenvalue weighted by atomic mass is 10.2. The van der Waals surface area contributed by atoms with Gasteiger partial charge in [0.25, 0.3) is 0 Å². The lowest BCUT2D eigenvalue weighted by Gasteiger charge is -2.33. The lowest BCUT2D eigenvalue weighted by molar-refractivity contribution is -0.0268. The quantitative estimate of drug-likeness (QED) is 0.757. The smallest absolute Gasteiger partial charge is 0.218 e. The molecule has 0 N–H and O–H groups in total. The highest BCUT2D eigenvalue weighted by Gasteiger charge is 2.33. The van der Waals surface area contributed by atoms with Gasteiger partial charge in [0.1, 0.15) is 0 Å². The van der Waals surface area contributed by atoms with Gasteiger partial charge in [0.05, 0.1) is 18.5 Å².